The summed E-state index contributed by atoms with van der Waals surface area (Å²) in [7, 11) is 0. The number of nitrogens with one attached hydrogen (secondary N) is 2. The minimum Gasteiger partial charge on any atom is -0.481 e. The van der Waals surface area contributed by atoms with E-state index in [1.165, 1.54) is 0 Å². The number of piperazine rings is 1. The molecule has 0 aliphatic carbocycles. The van der Waals surface area contributed by atoms with E-state index in [9.17, 15) is 9.59 Å². The van der Waals surface area contributed by atoms with Crippen LogP contribution < -0.4 is 10.6 Å². The molecule has 82 valence electrons. The van der Waals surface area contributed by atoms with E-state index in [1.807, 2.05) is 0 Å². The zero-order valence-corrected chi connectivity index (χ0v) is 8.12. The van der Waals surface area contributed by atoms with Crippen LogP contribution in [0.25, 0.3) is 0 Å². The van der Waals surface area contributed by atoms with E-state index in [1.54, 1.807) is 0 Å². The fourth-order valence-corrected chi connectivity index (χ4v) is 0.709. The minimum absolute atomic E-state index is 1.12. The Labute approximate surface area is 82.3 Å². The average Bonchev–Trinajstić information content (AvgIpc) is 2.20. The average molecular weight is 204 g/mol. The highest BCUT2D eigenvalue weighted by Gasteiger charge is 2.18. The molecule has 14 heavy (non-hydrogen) atoms. The number of hydrogen-bond acceptors (Lipinski definition) is 4. The molecule has 0 aromatic rings. The molecule has 0 aromatic carbocycles. The highest BCUT2D eigenvalue weighted by molar-refractivity contribution is 5.92. The lowest BCUT2D eigenvalue weighted by molar-refractivity contribution is -0.153. The number of rotatable bonds is 2. The van der Waals surface area contributed by atoms with Gasteiger partial charge in [-0.1, -0.05) is 0 Å². The maximum atomic E-state index is 9.76. The number of aliphatic carboxylic acids is 2. The first-order valence-corrected chi connectivity index (χ1v) is 4.42. The van der Waals surface area contributed by atoms with Crippen LogP contribution in [0.3, 0.4) is 0 Å². The van der Waals surface area contributed by atoms with Crippen LogP contribution >= 0.6 is 0 Å². The quantitative estimate of drug-likeness (QED) is 0.429. The van der Waals surface area contributed by atoms with Crippen LogP contribution in [-0.2, 0) is 9.59 Å². The summed E-state index contributed by atoms with van der Waals surface area (Å²) in [4.78, 5) is 19.5. The van der Waals surface area contributed by atoms with Gasteiger partial charge in [-0.05, 0) is 6.92 Å². The molecule has 1 rings (SSSR count). The van der Waals surface area contributed by atoms with Crippen LogP contribution in [-0.4, -0.2) is 48.3 Å². The maximum Gasteiger partial charge on any atom is 0.317 e. The van der Waals surface area contributed by atoms with Crippen molar-refractivity contribution in [2.45, 2.75) is 6.92 Å². The van der Waals surface area contributed by atoms with Gasteiger partial charge in [-0.15, -0.1) is 0 Å². The van der Waals surface area contributed by atoms with Crippen molar-refractivity contribution in [1.29, 1.82) is 0 Å². The van der Waals surface area contributed by atoms with Crippen LogP contribution in [0.5, 0.6) is 0 Å². The first-order valence-electron chi connectivity index (χ1n) is 4.42. The topological polar surface area (TPSA) is 98.7 Å². The third-order valence-corrected chi connectivity index (χ3v) is 1.70. The predicted molar refractivity (Wildman–Crippen MR) is 50.2 cm³/mol. The van der Waals surface area contributed by atoms with Crippen molar-refractivity contribution in [1.82, 2.24) is 10.6 Å². The molecule has 1 heterocycles. The second kappa shape index (κ2) is 7.28. The monoisotopic (exact) mass is 204 g/mol. The van der Waals surface area contributed by atoms with Gasteiger partial charge in [-0.3, -0.25) is 9.59 Å². The van der Waals surface area contributed by atoms with Gasteiger partial charge in [-0.2, -0.15) is 0 Å². The van der Waals surface area contributed by atoms with Gasteiger partial charge in [-0.25, -0.2) is 0 Å². The summed E-state index contributed by atoms with van der Waals surface area (Å²) < 4.78 is 0. The van der Waals surface area contributed by atoms with E-state index in [-0.39, 0.29) is 0 Å². The van der Waals surface area contributed by atoms with Crippen LogP contribution in [0.2, 0.25) is 0 Å². The zero-order valence-electron chi connectivity index (χ0n) is 8.12. The Morgan fingerprint density at radius 2 is 1.29 bits per heavy atom. The summed E-state index contributed by atoms with van der Waals surface area (Å²) in [5, 5.41) is 22.4. The molecule has 0 unspecified atom stereocenters. The summed E-state index contributed by atoms with van der Waals surface area (Å²) >= 11 is 0. The normalized spacial score (nSPS) is 15.6. The highest BCUT2D eigenvalue weighted by atomic mass is 16.4. The SMILES string of the molecule is C1CNCCN1.CC(C(=O)O)C(=O)O. The Balaban J connectivity index is 0.000000249. The summed E-state index contributed by atoms with van der Waals surface area (Å²) in [6.07, 6.45) is 0. The number of carboxylic acids is 2. The van der Waals surface area contributed by atoms with Gasteiger partial charge in [0.2, 0.25) is 0 Å². The number of hydrogen-bond donors (Lipinski definition) is 4. The minimum atomic E-state index is -1.31. The molecule has 6 nitrogen and oxygen atoms in total. The summed E-state index contributed by atoms with van der Waals surface area (Å²) in [6, 6.07) is 0. The molecule has 1 saturated heterocycles. The zero-order chi connectivity index (χ0) is 11.0. The van der Waals surface area contributed by atoms with Gasteiger partial charge in [0.15, 0.2) is 5.92 Å². The molecule has 0 bridgehead atoms. The Kier molecular flexibility index (Phi) is 6.69. The van der Waals surface area contributed by atoms with Gasteiger partial charge in [0, 0.05) is 26.2 Å². The second-order valence-corrected chi connectivity index (χ2v) is 2.90. The van der Waals surface area contributed by atoms with E-state index >= 15 is 0 Å². The van der Waals surface area contributed by atoms with E-state index in [0.29, 0.717) is 0 Å². The fraction of sp³-hybridized carbons (Fsp3) is 0.750. The lowest BCUT2D eigenvalue weighted by Gasteiger charge is -2.11. The summed E-state index contributed by atoms with van der Waals surface area (Å²) in [5.74, 6) is -3.91. The van der Waals surface area contributed by atoms with Crippen molar-refractivity contribution < 1.29 is 19.8 Å². The predicted octanol–water partition coefficient (Wildman–Crippen LogP) is -1.03. The largest absolute Gasteiger partial charge is 0.481 e. The molecule has 0 atom stereocenters. The van der Waals surface area contributed by atoms with E-state index in [0.717, 1.165) is 33.1 Å². The molecule has 0 amide bonds. The first-order chi connectivity index (χ1) is 6.55. The van der Waals surface area contributed by atoms with Crippen molar-refractivity contribution in [3.05, 3.63) is 0 Å². The molecule has 1 aliphatic rings. The van der Waals surface area contributed by atoms with Gasteiger partial charge in [0.25, 0.3) is 0 Å². The third kappa shape index (κ3) is 6.38. The second-order valence-electron chi connectivity index (χ2n) is 2.90. The molecule has 1 fully saturated rings. The molecule has 1 aliphatic heterocycles. The van der Waals surface area contributed by atoms with E-state index in [2.05, 4.69) is 10.6 Å². The van der Waals surface area contributed by atoms with Gasteiger partial charge >= 0.3 is 11.9 Å². The van der Waals surface area contributed by atoms with E-state index in [4.69, 9.17) is 10.2 Å². The Bertz CT molecular complexity index is 166. The molecule has 0 radical (unpaired) electrons. The first kappa shape index (κ1) is 12.9. The molecule has 0 aromatic heterocycles. The van der Waals surface area contributed by atoms with E-state index < -0.39 is 17.9 Å². The van der Waals surface area contributed by atoms with Crippen molar-refractivity contribution in [3.8, 4) is 0 Å². The van der Waals surface area contributed by atoms with Gasteiger partial charge < -0.3 is 20.8 Å². The molecule has 0 spiro atoms. The summed E-state index contributed by atoms with van der Waals surface area (Å²) in [6.45, 7) is 5.67. The lowest BCUT2D eigenvalue weighted by Crippen LogP contribution is -2.39. The standard InChI is InChI=1S/C4H10N2.C4H6O4/c1-2-6-4-3-5-1;1-2(3(5)6)4(7)8/h5-6H,1-4H2;2H,1H3,(H,5,6)(H,7,8). The van der Waals surface area contributed by atoms with Crippen LogP contribution in [0.15, 0.2) is 0 Å². The van der Waals surface area contributed by atoms with Gasteiger partial charge in [0.1, 0.15) is 0 Å². The van der Waals surface area contributed by atoms with Crippen molar-refractivity contribution in [2.75, 3.05) is 26.2 Å². The van der Waals surface area contributed by atoms with Crippen molar-refractivity contribution in [2.24, 2.45) is 5.92 Å². The third-order valence-electron chi connectivity index (χ3n) is 1.70. The number of carbonyl (C=O) groups is 2. The Morgan fingerprint density at radius 3 is 1.36 bits per heavy atom. The number of carboxylic acid groups (broad SMARTS) is 2. The molecular formula is C8H16N2O4. The molecule has 0 saturated carbocycles. The van der Waals surface area contributed by atoms with Gasteiger partial charge in [0.05, 0.1) is 0 Å². The Morgan fingerprint density at radius 1 is 1.00 bits per heavy atom. The lowest BCUT2D eigenvalue weighted by atomic mass is 10.2. The van der Waals surface area contributed by atoms with Crippen LogP contribution in [0.1, 0.15) is 6.92 Å². The Hall–Kier alpha value is -1.14. The van der Waals surface area contributed by atoms with Crippen LogP contribution in [0, 0.1) is 5.92 Å². The maximum absolute atomic E-state index is 9.76. The molecule has 6 heteroatoms. The fourth-order valence-electron chi connectivity index (χ4n) is 0.709. The van der Waals surface area contributed by atoms with Crippen molar-refractivity contribution >= 4 is 11.9 Å². The molecular weight excluding hydrogens is 188 g/mol. The summed E-state index contributed by atoms with van der Waals surface area (Å²) in [5.41, 5.74) is 0. The van der Waals surface area contributed by atoms with Crippen LogP contribution in [0.4, 0.5) is 0 Å². The van der Waals surface area contributed by atoms with Crippen molar-refractivity contribution in [3.63, 3.8) is 0 Å². The highest BCUT2D eigenvalue weighted by Crippen LogP contribution is 1.91. The smallest absolute Gasteiger partial charge is 0.317 e. The molecule has 4 N–H and O–H groups in total.